The van der Waals surface area contributed by atoms with Gasteiger partial charge < -0.3 is 19.7 Å². The predicted octanol–water partition coefficient (Wildman–Crippen LogP) is 0.864. The molecule has 0 fully saturated rings. The number of aromatic nitrogens is 4. The van der Waals surface area contributed by atoms with Crippen LogP contribution in [0.3, 0.4) is 0 Å². The summed E-state index contributed by atoms with van der Waals surface area (Å²) in [6.45, 7) is 4.59. The number of nitrogens with one attached hydrogen (secondary N) is 2. The Morgan fingerprint density at radius 3 is 2.66 bits per heavy atom. The molecule has 0 aliphatic heterocycles. The zero-order chi connectivity index (χ0) is 21.0. The van der Waals surface area contributed by atoms with Crippen LogP contribution in [0.15, 0.2) is 39.9 Å². The SMILES string of the molecule is CC(C)OC[C@@H](O)Cn1c(NCCc2ccccc2)nc2c1c(=O)[nH]c(=O)n2C. The Kier molecular flexibility index (Phi) is 6.50. The average molecular weight is 401 g/mol. The number of aryl methyl sites for hydroxylation is 1. The van der Waals surface area contributed by atoms with Crippen LogP contribution in [0.4, 0.5) is 5.95 Å². The monoisotopic (exact) mass is 401 g/mol. The summed E-state index contributed by atoms with van der Waals surface area (Å²) in [7, 11) is 1.55. The zero-order valence-electron chi connectivity index (χ0n) is 16.9. The zero-order valence-corrected chi connectivity index (χ0v) is 16.9. The second kappa shape index (κ2) is 9.06. The van der Waals surface area contributed by atoms with Crippen molar-refractivity contribution in [2.45, 2.75) is 39.0 Å². The van der Waals surface area contributed by atoms with Crippen LogP contribution in [0.1, 0.15) is 19.4 Å². The Morgan fingerprint density at radius 1 is 1.24 bits per heavy atom. The second-order valence-corrected chi connectivity index (χ2v) is 7.23. The van der Waals surface area contributed by atoms with Crippen molar-refractivity contribution >= 4 is 17.1 Å². The Bertz CT molecular complexity index is 1070. The number of rotatable bonds is 9. The van der Waals surface area contributed by atoms with E-state index in [1.165, 1.54) is 10.1 Å². The first-order chi connectivity index (χ1) is 13.9. The van der Waals surface area contributed by atoms with Crippen molar-refractivity contribution in [2.75, 3.05) is 18.5 Å². The van der Waals surface area contributed by atoms with Gasteiger partial charge in [0.1, 0.15) is 0 Å². The van der Waals surface area contributed by atoms with Crippen molar-refractivity contribution in [2.24, 2.45) is 7.05 Å². The highest BCUT2D eigenvalue weighted by molar-refractivity contribution is 5.74. The van der Waals surface area contributed by atoms with Gasteiger partial charge in [-0.1, -0.05) is 30.3 Å². The molecule has 0 amide bonds. The van der Waals surface area contributed by atoms with Gasteiger partial charge in [0, 0.05) is 13.6 Å². The predicted molar refractivity (Wildman–Crippen MR) is 111 cm³/mol. The highest BCUT2D eigenvalue weighted by atomic mass is 16.5. The quantitative estimate of drug-likeness (QED) is 0.490. The highest BCUT2D eigenvalue weighted by Gasteiger charge is 2.19. The molecule has 0 spiro atoms. The topological polar surface area (TPSA) is 114 Å². The minimum atomic E-state index is -0.832. The van der Waals surface area contributed by atoms with E-state index in [4.69, 9.17) is 4.74 Å². The average Bonchev–Trinajstić information content (AvgIpc) is 3.04. The van der Waals surface area contributed by atoms with Gasteiger partial charge in [-0.05, 0) is 25.8 Å². The number of hydrogen-bond acceptors (Lipinski definition) is 6. The Morgan fingerprint density at radius 2 is 1.97 bits per heavy atom. The molecule has 0 aliphatic carbocycles. The van der Waals surface area contributed by atoms with Crippen molar-refractivity contribution in [1.29, 1.82) is 0 Å². The van der Waals surface area contributed by atoms with Gasteiger partial charge in [0.05, 0.1) is 25.4 Å². The lowest BCUT2D eigenvalue weighted by Crippen LogP contribution is -2.31. The largest absolute Gasteiger partial charge is 0.389 e. The number of ether oxygens (including phenoxy) is 1. The van der Waals surface area contributed by atoms with E-state index in [0.29, 0.717) is 12.5 Å². The third-order valence-corrected chi connectivity index (χ3v) is 4.56. The molecule has 1 atom stereocenters. The van der Waals surface area contributed by atoms with Crippen LogP contribution in [0.2, 0.25) is 0 Å². The molecule has 9 heteroatoms. The first-order valence-corrected chi connectivity index (χ1v) is 9.63. The molecule has 0 aliphatic rings. The number of benzene rings is 1. The first-order valence-electron chi connectivity index (χ1n) is 9.63. The van der Waals surface area contributed by atoms with E-state index in [-0.39, 0.29) is 30.4 Å². The minimum absolute atomic E-state index is 0.0168. The van der Waals surface area contributed by atoms with Crippen LogP contribution < -0.4 is 16.6 Å². The number of H-pyrrole nitrogens is 1. The molecule has 0 radical (unpaired) electrons. The highest BCUT2D eigenvalue weighted by Crippen LogP contribution is 2.16. The van der Waals surface area contributed by atoms with Crippen LogP contribution in [0.25, 0.3) is 11.2 Å². The number of aromatic amines is 1. The second-order valence-electron chi connectivity index (χ2n) is 7.23. The van der Waals surface area contributed by atoms with Crippen molar-refractivity contribution in [3.05, 3.63) is 56.7 Å². The van der Waals surface area contributed by atoms with Gasteiger partial charge >= 0.3 is 5.69 Å². The van der Waals surface area contributed by atoms with Gasteiger partial charge in [0.15, 0.2) is 11.2 Å². The van der Waals surface area contributed by atoms with Gasteiger partial charge in [-0.15, -0.1) is 0 Å². The van der Waals surface area contributed by atoms with Crippen LogP contribution in [-0.4, -0.2) is 49.6 Å². The summed E-state index contributed by atoms with van der Waals surface area (Å²) in [5.41, 5.74) is 0.587. The lowest BCUT2D eigenvalue weighted by molar-refractivity contribution is -0.000106. The number of aliphatic hydroxyl groups is 1. The Hall–Kier alpha value is -2.91. The van der Waals surface area contributed by atoms with E-state index in [2.05, 4.69) is 15.3 Å². The molecular formula is C20H27N5O4. The smallest absolute Gasteiger partial charge is 0.329 e. The number of nitrogens with zero attached hydrogens (tertiary/aromatic N) is 3. The normalized spacial score (nSPS) is 12.6. The Balaban J connectivity index is 1.90. The molecule has 0 saturated heterocycles. The van der Waals surface area contributed by atoms with Gasteiger partial charge in [-0.25, -0.2) is 4.79 Å². The van der Waals surface area contributed by atoms with Gasteiger partial charge in [0.2, 0.25) is 5.95 Å². The molecule has 0 unspecified atom stereocenters. The molecule has 156 valence electrons. The summed E-state index contributed by atoms with van der Waals surface area (Å²) in [5.74, 6) is 0.422. The summed E-state index contributed by atoms with van der Waals surface area (Å²) < 4.78 is 8.36. The molecule has 0 bridgehead atoms. The molecule has 2 aromatic heterocycles. The lowest BCUT2D eigenvalue weighted by Gasteiger charge is -2.16. The molecule has 9 nitrogen and oxygen atoms in total. The van der Waals surface area contributed by atoms with E-state index in [0.717, 1.165) is 6.42 Å². The molecule has 1 aromatic carbocycles. The maximum atomic E-state index is 12.5. The summed E-state index contributed by atoms with van der Waals surface area (Å²) in [4.78, 5) is 31.1. The van der Waals surface area contributed by atoms with Crippen molar-refractivity contribution in [1.82, 2.24) is 19.1 Å². The maximum Gasteiger partial charge on any atom is 0.329 e. The fourth-order valence-corrected chi connectivity index (χ4v) is 3.08. The van der Waals surface area contributed by atoms with E-state index in [1.807, 2.05) is 44.2 Å². The van der Waals surface area contributed by atoms with E-state index in [9.17, 15) is 14.7 Å². The maximum absolute atomic E-state index is 12.5. The summed E-state index contributed by atoms with van der Waals surface area (Å²) in [5, 5.41) is 13.6. The number of fused-ring (bicyclic) bond motifs is 1. The van der Waals surface area contributed by atoms with E-state index < -0.39 is 17.4 Å². The summed E-state index contributed by atoms with van der Waals surface area (Å²) >= 11 is 0. The number of hydrogen-bond donors (Lipinski definition) is 3. The molecule has 3 N–H and O–H groups in total. The minimum Gasteiger partial charge on any atom is -0.389 e. The molecule has 2 heterocycles. The van der Waals surface area contributed by atoms with Crippen molar-refractivity contribution < 1.29 is 9.84 Å². The Labute approximate surface area is 168 Å². The summed E-state index contributed by atoms with van der Waals surface area (Å²) in [6, 6.07) is 9.98. The standard InChI is InChI=1S/C20H27N5O4/c1-13(2)29-12-15(26)11-25-16-17(24(3)20(28)23-18(16)27)22-19(25)21-10-9-14-7-5-4-6-8-14/h4-8,13,15,26H,9-12H2,1-3H3,(H,21,22)(H,23,27,28)/t15-/m0/s1. The first kappa shape index (κ1) is 20.8. The lowest BCUT2D eigenvalue weighted by atomic mass is 10.1. The van der Waals surface area contributed by atoms with Gasteiger partial charge in [-0.3, -0.25) is 14.3 Å². The van der Waals surface area contributed by atoms with E-state index >= 15 is 0 Å². The third-order valence-electron chi connectivity index (χ3n) is 4.56. The van der Waals surface area contributed by atoms with Gasteiger partial charge in [-0.2, -0.15) is 4.98 Å². The fraction of sp³-hybridized carbons (Fsp3) is 0.450. The van der Waals surface area contributed by atoms with Crippen LogP contribution in [0, 0.1) is 0 Å². The summed E-state index contributed by atoms with van der Waals surface area (Å²) in [6.07, 6.45) is -0.0868. The molecule has 0 saturated carbocycles. The molecule has 29 heavy (non-hydrogen) atoms. The van der Waals surface area contributed by atoms with Crippen LogP contribution in [-0.2, 0) is 24.8 Å². The molecule has 3 aromatic rings. The molecule has 3 rings (SSSR count). The molecular weight excluding hydrogens is 374 g/mol. The van der Waals surface area contributed by atoms with Crippen LogP contribution >= 0.6 is 0 Å². The fourth-order valence-electron chi connectivity index (χ4n) is 3.08. The van der Waals surface area contributed by atoms with Gasteiger partial charge in [0.25, 0.3) is 5.56 Å². The number of anilines is 1. The van der Waals surface area contributed by atoms with Crippen molar-refractivity contribution in [3.63, 3.8) is 0 Å². The number of aliphatic hydroxyl groups excluding tert-OH is 1. The third kappa shape index (κ3) is 4.93. The van der Waals surface area contributed by atoms with Crippen LogP contribution in [0.5, 0.6) is 0 Å². The van der Waals surface area contributed by atoms with E-state index in [1.54, 1.807) is 11.6 Å². The van der Waals surface area contributed by atoms with Crippen molar-refractivity contribution in [3.8, 4) is 0 Å². The number of imidazole rings is 1.